The molecule has 2 heterocycles. The van der Waals surface area contributed by atoms with Crippen LogP contribution in [0.2, 0.25) is 10.0 Å². The highest BCUT2D eigenvalue weighted by Gasteiger charge is 2.27. The molecule has 1 atom stereocenters. The van der Waals surface area contributed by atoms with E-state index in [0.717, 1.165) is 41.5 Å². The molecular weight excluding hydrogens is 409 g/mol. The molecule has 1 fully saturated rings. The summed E-state index contributed by atoms with van der Waals surface area (Å²) in [6, 6.07) is 11.3. The maximum Gasteiger partial charge on any atom is 0.290 e. The highest BCUT2D eigenvalue weighted by Crippen LogP contribution is 2.31. The molecule has 0 spiro atoms. The molecule has 3 aromatic rings. The van der Waals surface area contributed by atoms with Gasteiger partial charge in [0.15, 0.2) is 5.76 Å². The van der Waals surface area contributed by atoms with Crippen molar-refractivity contribution in [3.05, 3.63) is 68.9 Å². The van der Waals surface area contributed by atoms with Crippen LogP contribution in [0.1, 0.15) is 40.1 Å². The lowest BCUT2D eigenvalue weighted by molar-refractivity contribution is 0.0485. The van der Waals surface area contributed by atoms with Gasteiger partial charge in [-0.15, -0.1) is 0 Å². The van der Waals surface area contributed by atoms with Crippen LogP contribution in [0.4, 0.5) is 0 Å². The van der Waals surface area contributed by atoms with Crippen molar-refractivity contribution in [2.24, 2.45) is 0 Å². The van der Waals surface area contributed by atoms with Gasteiger partial charge in [-0.25, -0.2) is 0 Å². The van der Waals surface area contributed by atoms with Crippen LogP contribution >= 0.6 is 23.2 Å². The summed E-state index contributed by atoms with van der Waals surface area (Å²) in [5, 5.41) is 2.21. The van der Waals surface area contributed by atoms with Gasteiger partial charge in [-0.3, -0.25) is 4.79 Å². The molecule has 29 heavy (non-hydrogen) atoms. The number of carbonyl (C=O) groups is 1. The minimum atomic E-state index is -0.141. The largest absolute Gasteiger partial charge is 0.451 e. The number of benzene rings is 2. The van der Waals surface area contributed by atoms with E-state index in [4.69, 9.17) is 32.4 Å². The lowest BCUT2D eigenvalue weighted by Gasteiger charge is -2.25. The lowest BCUT2D eigenvalue weighted by Crippen LogP contribution is -2.37. The van der Waals surface area contributed by atoms with Crippen LogP contribution in [0.15, 0.2) is 40.8 Å². The minimum absolute atomic E-state index is 0.0487. The van der Waals surface area contributed by atoms with Gasteiger partial charge in [0, 0.05) is 40.7 Å². The lowest BCUT2D eigenvalue weighted by atomic mass is 10.1. The van der Waals surface area contributed by atoms with Crippen LogP contribution in [0.3, 0.4) is 0 Å². The Hall–Kier alpha value is -2.01. The number of furan rings is 1. The summed E-state index contributed by atoms with van der Waals surface area (Å²) in [6.07, 6.45) is 2.03. The van der Waals surface area contributed by atoms with Gasteiger partial charge >= 0.3 is 0 Å². The molecule has 4 rings (SSSR count). The molecule has 1 aromatic heterocycles. The van der Waals surface area contributed by atoms with Gasteiger partial charge in [-0.2, -0.15) is 0 Å². The number of hydrogen-bond acceptors (Lipinski definition) is 3. The van der Waals surface area contributed by atoms with Crippen LogP contribution in [-0.4, -0.2) is 30.1 Å². The molecule has 0 radical (unpaired) electrons. The Labute approximate surface area is 180 Å². The molecule has 0 bridgehead atoms. The van der Waals surface area contributed by atoms with Gasteiger partial charge in [-0.1, -0.05) is 35.3 Å². The van der Waals surface area contributed by atoms with Crippen molar-refractivity contribution >= 4 is 40.1 Å². The average molecular weight is 432 g/mol. The van der Waals surface area contributed by atoms with Crippen LogP contribution in [0.5, 0.6) is 0 Å². The van der Waals surface area contributed by atoms with Gasteiger partial charge in [0.25, 0.3) is 5.91 Å². The van der Waals surface area contributed by atoms with Gasteiger partial charge in [0.1, 0.15) is 5.58 Å². The van der Waals surface area contributed by atoms with E-state index < -0.39 is 0 Å². The maximum atomic E-state index is 13.5. The number of amides is 1. The Morgan fingerprint density at radius 1 is 1.17 bits per heavy atom. The second-order valence-electron chi connectivity index (χ2n) is 7.60. The first-order valence-corrected chi connectivity index (χ1v) is 10.5. The summed E-state index contributed by atoms with van der Waals surface area (Å²) in [5.41, 5.74) is 3.41. The summed E-state index contributed by atoms with van der Waals surface area (Å²) >= 11 is 12.3. The molecule has 1 aliphatic heterocycles. The summed E-state index contributed by atoms with van der Waals surface area (Å²) in [4.78, 5) is 15.3. The van der Waals surface area contributed by atoms with Crippen LogP contribution in [0, 0.1) is 13.8 Å². The molecule has 1 aliphatic rings. The minimum Gasteiger partial charge on any atom is -0.451 e. The zero-order valence-corrected chi connectivity index (χ0v) is 18.0. The molecule has 1 amide bonds. The number of nitrogens with zero attached hydrogens (tertiary/aromatic N) is 1. The fourth-order valence-corrected chi connectivity index (χ4v) is 4.04. The Bertz CT molecular complexity index is 1040. The van der Waals surface area contributed by atoms with E-state index in [1.807, 2.05) is 50.2 Å². The molecule has 0 aliphatic carbocycles. The zero-order valence-electron chi connectivity index (χ0n) is 16.5. The molecule has 6 heteroatoms. The molecule has 4 nitrogen and oxygen atoms in total. The highest BCUT2D eigenvalue weighted by atomic mass is 35.5. The first kappa shape index (κ1) is 20.3. The quantitative estimate of drug-likeness (QED) is 0.484. The Morgan fingerprint density at radius 3 is 2.62 bits per heavy atom. The predicted octanol–water partition coefficient (Wildman–Crippen LogP) is 6.18. The second-order valence-corrected chi connectivity index (χ2v) is 8.44. The summed E-state index contributed by atoms with van der Waals surface area (Å²) < 4.78 is 11.8. The van der Waals surface area contributed by atoms with Gasteiger partial charge in [-0.05, 0) is 62.1 Å². The van der Waals surface area contributed by atoms with E-state index in [2.05, 4.69) is 0 Å². The van der Waals surface area contributed by atoms with Crippen molar-refractivity contribution in [3.63, 3.8) is 0 Å². The standard InChI is InChI=1S/C23H23Cl2NO3/c1-14-10-21-19(11-20(14)25)15(2)22(29-21)23(27)26(13-18-4-3-9-28-18)12-16-5-7-17(24)8-6-16/h5-8,10-11,18H,3-4,9,12-13H2,1-2H3/t18-/m1/s1. The monoisotopic (exact) mass is 431 g/mol. The number of fused-ring (bicyclic) bond motifs is 1. The van der Waals surface area contributed by atoms with Gasteiger partial charge in [0.05, 0.1) is 6.10 Å². The molecule has 0 unspecified atom stereocenters. The van der Waals surface area contributed by atoms with Crippen molar-refractivity contribution in [2.45, 2.75) is 39.3 Å². The number of rotatable bonds is 5. The fourth-order valence-electron chi connectivity index (χ4n) is 3.75. The second kappa shape index (κ2) is 8.39. The van der Waals surface area contributed by atoms with E-state index in [1.54, 1.807) is 4.90 Å². The van der Waals surface area contributed by atoms with Crippen LogP contribution < -0.4 is 0 Å². The molecule has 152 valence electrons. The van der Waals surface area contributed by atoms with E-state index in [-0.39, 0.29) is 12.0 Å². The summed E-state index contributed by atoms with van der Waals surface area (Å²) in [7, 11) is 0. The number of ether oxygens (including phenoxy) is 1. The number of carbonyl (C=O) groups excluding carboxylic acids is 1. The van der Waals surface area contributed by atoms with E-state index in [9.17, 15) is 4.79 Å². The fraction of sp³-hybridized carbons (Fsp3) is 0.348. The zero-order chi connectivity index (χ0) is 20.5. The van der Waals surface area contributed by atoms with Crippen LogP contribution in [-0.2, 0) is 11.3 Å². The van der Waals surface area contributed by atoms with E-state index in [1.165, 1.54) is 0 Å². The Balaban J connectivity index is 1.67. The third-order valence-corrected chi connectivity index (χ3v) is 6.09. The normalized spacial score (nSPS) is 16.5. The average Bonchev–Trinajstić information content (AvgIpc) is 3.32. The van der Waals surface area contributed by atoms with Crippen molar-refractivity contribution in [1.82, 2.24) is 4.90 Å². The third-order valence-electron chi connectivity index (χ3n) is 5.43. The number of hydrogen-bond donors (Lipinski definition) is 0. The smallest absolute Gasteiger partial charge is 0.290 e. The van der Waals surface area contributed by atoms with E-state index >= 15 is 0 Å². The topological polar surface area (TPSA) is 42.7 Å². The SMILES string of the molecule is Cc1cc2oc(C(=O)N(Cc3ccc(Cl)cc3)C[C@H]3CCCO3)c(C)c2cc1Cl. The number of halogens is 2. The highest BCUT2D eigenvalue weighted by molar-refractivity contribution is 6.32. The van der Waals surface area contributed by atoms with Crippen molar-refractivity contribution in [3.8, 4) is 0 Å². The van der Waals surface area contributed by atoms with Crippen molar-refractivity contribution in [2.75, 3.05) is 13.2 Å². The number of aryl methyl sites for hydroxylation is 2. The van der Waals surface area contributed by atoms with Crippen molar-refractivity contribution in [1.29, 1.82) is 0 Å². The summed E-state index contributed by atoms with van der Waals surface area (Å²) in [5.74, 6) is 0.214. The molecule has 2 aromatic carbocycles. The summed E-state index contributed by atoms with van der Waals surface area (Å²) in [6.45, 7) is 5.56. The van der Waals surface area contributed by atoms with Crippen molar-refractivity contribution < 1.29 is 13.9 Å². The molecular formula is C23H23Cl2NO3. The molecule has 1 saturated heterocycles. The van der Waals surface area contributed by atoms with Gasteiger partial charge < -0.3 is 14.1 Å². The maximum absolute atomic E-state index is 13.5. The predicted molar refractivity (Wildman–Crippen MR) is 116 cm³/mol. The van der Waals surface area contributed by atoms with E-state index in [0.29, 0.717) is 34.5 Å². The first-order chi connectivity index (χ1) is 13.9. The van der Waals surface area contributed by atoms with Crippen LogP contribution in [0.25, 0.3) is 11.0 Å². The first-order valence-electron chi connectivity index (χ1n) is 9.77. The molecule has 0 saturated carbocycles. The third kappa shape index (κ3) is 4.30. The Morgan fingerprint density at radius 2 is 1.93 bits per heavy atom. The van der Waals surface area contributed by atoms with Gasteiger partial charge in [0.2, 0.25) is 0 Å². The Kier molecular flexibility index (Phi) is 5.86. The molecule has 0 N–H and O–H groups in total.